The normalized spacial score (nSPS) is 15.1. The van der Waals surface area contributed by atoms with Crippen LogP contribution < -0.4 is 20.7 Å². The average Bonchev–Trinajstić information content (AvgIpc) is 2.65. The number of hydrogen-bond acceptors (Lipinski definition) is 5. The number of benzene rings is 2. The number of halogens is 1. The van der Waals surface area contributed by atoms with Crippen molar-refractivity contribution in [3.8, 4) is 5.75 Å². The van der Waals surface area contributed by atoms with Crippen molar-refractivity contribution in [2.24, 2.45) is 0 Å². The predicted molar refractivity (Wildman–Crippen MR) is 106 cm³/mol. The Morgan fingerprint density at radius 1 is 1.07 bits per heavy atom. The first-order valence-corrected chi connectivity index (χ1v) is 9.61. The van der Waals surface area contributed by atoms with Crippen molar-refractivity contribution < 1.29 is 23.5 Å². The number of hydrogen-bond donors (Lipinski definition) is 3. The fourth-order valence-corrected chi connectivity index (χ4v) is 3.07. The summed E-state index contributed by atoms with van der Waals surface area (Å²) in [5, 5.41) is 8.04. The summed E-state index contributed by atoms with van der Waals surface area (Å²) < 4.78 is 18.3. The second-order valence-corrected chi connectivity index (χ2v) is 7.04. The van der Waals surface area contributed by atoms with Gasteiger partial charge < -0.3 is 20.7 Å². The molecule has 1 aliphatic heterocycles. The topological polar surface area (TPSA) is 96.5 Å². The maximum Gasteiger partial charge on any atom is 0.265 e. The van der Waals surface area contributed by atoms with Crippen LogP contribution in [-0.4, -0.2) is 35.3 Å². The van der Waals surface area contributed by atoms with Gasteiger partial charge in [0.25, 0.3) is 5.91 Å². The molecule has 1 atom stereocenters. The zero-order chi connectivity index (χ0) is 20.1. The van der Waals surface area contributed by atoms with Gasteiger partial charge >= 0.3 is 0 Å². The monoisotopic (exact) mass is 403 g/mol. The van der Waals surface area contributed by atoms with E-state index in [9.17, 15) is 18.8 Å². The zero-order valence-corrected chi connectivity index (χ0v) is 15.8. The van der Waals surface area contributed by atoms with Gasteiger partial charge in [-0.15, -0.1) is 11.8 Å². The zero-order valence-electron chi connectivity index (χ0n) is 15.0. The Labute approximate surface area is 165 Å². The first-order valence-electron chi connectivity index (χ1n) is 8.45. The molecule has 0 aromatic heterocycles. The molecular weight excluding hydrogens is 385 g/mol. The maximum absolute atomic E-state index is 12.8. The van der Waals surface area contributed by atoms with E-state index in [2.05, 4.69) is 16.0 Å². The maximum atomic E-state index is 12.8. The van der Waals surface area contributed by atoms with E-state index in [0.29, 0.717) is 22.8 Å². The lowest BCUT2D eigenvalue weighted by Crippen LogP contribution is -2.34. The number of carbonyl (C=O) groups is 3. The minimum absolute atomic E-state index is 0.0772. The molecule has 0 fully saturated rings. The lowest BCUT2D eigenvalue weighted by atomic mass is 10.2. The summed E-state index contributed by atoms with van der Waals surface area (Å²) in [4.78, 5) is 35.6. The molecule has 1 aliphatic rings. The number of amides is 3. The molecule has 0 saturated carbocycles. The van der Waals surface area contributed by atoms with Crippen LogP contribution in [0.25, 0.3) is 0 Å². The summed E-state index contributed by atoms with van der Waals surface area (Å²) in [6.45, 7) is 1.65. The van der Waals surface area contributed by atoms with Crippen LogP contribution in [0.3, 0.4) is 0 Å². The predicted octanol–water partition coefficient (Wildman–Crippen LogP) is 2.86. The van der Waals surface area contributed by atoms with E-state index in [4.69, 9.17) is 4.74 Å². The van der Waals surface area contributed by atoms with E-state index in [1.807, 2.05) is 0 Å². The first kappa shape index (κ1) is 19.7. The van der Waals surface area contributed by atoms with Gasteiger partial charge in [-0.1, -0.05) is 0 Å². The number of fused-ring (bicyclic) bond motifs is 1. The molecule has 2 aromatic rings. The summed E-state index contributed by atoms with van der Waals surface area (Å²) in [6.07, 6.45) is -0.564. The molecule has 0 unspecified atom stereocenters. The number of carbonyl (C=O) groups excluding carboxylic acids is 3. The fourth-order valence-electron chi connectivity index (χ4n) is 2.45. The molecule has 0 aliphatic carbocycles. The Balaban J connectivity index is 1.44. The summed E-state index contributed by atoms with van der Waals surface area (Å²) in [5.41, 5.74) is 1.50. The molecule has 1 heterocycles. The molecule has 0 bridgehead atoms. The van der Waals surface area contributed by atoms with Gasteiger partial charge in [0.15, 0.2) is 6.10 Å². The van der Waals surface area contributed by atoms with Gasteiger partial charge in [0, 0.05) is 11.4 Å². The molecule has 3 N–H and O–H groups in total. The average molecular weight is 403 g/mol. The molecule has 146 valence electrons. The number of nitrogens with one attached hydrogen (secondary N) is 3. The van der Waals surface area contributed by atoms with Crippen molar-refractivity contribution in [1.29, 1.82) is 0 Å². The van der Waals surface area contributed by atoms with Gasteiger partial charge in [-0.3, -0.25) is 14.4 Å². The summed E-state index contributed by atoms with van der Waals surface area (Å²) in [6, 6.07) is 10.4. The Hall–Kier alpha value is -3.07. The molecule has 28 heavy (non-hydrogen) atoms. The third kappa shape index (κ3) is 5.23. The number of ether oxygens (including phenoxy) is 1. The molecule has 7 nitrogen and oxygen atoms in total. The Morgan fingerprint density at radius 2 is 1.68 bits per heavy atom. The van der Waals surface area contributed by atoms with E-state index < -0.39 is 6.10 Å². The van der Waals surface area contributed by atoms with E-state index in [0.717, 1.165) is 11.8 Å². The number of thioether (sulfide) groups is 1. The van der Waals surface area contributed by atoms with Gasteiger partial charge in [-0.2, -0.15) is 0 Å². The Morgan fingerprint density at radius 3 is 2.36 bits per heavy atom. The SMILES string of the molecule is C[C@H]1Oc2ccc(NC(=O)CSCC(=O)Nc3ccc(F)cc3)cc2NC1=O. The summed E-state index contributed by atoms with van der Waals surface area (Å²) in [7, 11) is 0. The van der Waals surface area contributed by atoms with Crippen molar-refractivity contribution in [2.75, 3.05) is 27.5 Å². The van der Waals surface area contributed by atoms with Crippen molar-refractivity contribution >= 4 is 46.5 Å². The first-order chi connectivity index (χ1) is 13.4. The van der Waals surface area contributed by atoms with Crippen LogP contribution in [0, 0.1) is 5.82 Å². The van der Waals surface area contributed by atoms with Gasteiger partial charge in [0.1, 0.15) is 11.6 Å². The van der Waals surface area contributed by atoms with Crippen LogP contribution >= 0.6 is 11.8 Å². The third-order valence-electron chi connectivity index (χ3n) is 3.79. The second-order valence-electron chi connectivity index (χ2n) is 6.06. The van der Waals surface area contributed by atoms with Crippen molar-refractivity contribution in [2.45, 2.75) is 13.0 Å². The lowest BCUT2D eigenvalue weighted by Gasteiger charge is -2.23. The van der Waals surface area contributed by atoms with Crippen molar-refractivity contribution in [1.82, 2.24) is 0 Å². The molecule has 0 saturated heterocycles. The van der Waals surface area contributed by atoms with E-state index in [1.54, 1.807) is 25.1 Å². The van der Waals surface area contributed by atoms with Gasteiger partial charge in [0.2, 0.25) is 11.8 Å². The van der Waals surface area contributed by atoms with Crippen LogP contribution in [0.4, 0.5) is 21.5 Å². The lowest BCUT2D eigenvalue weighted by molar-refractivity contribution is -0.122. The highest BCUT2D eigenvalue weighted by molar-refractivity contribution is 8.00. The van der Waals surface area contributed by atoms with Gasteiger partial charge in [0.05, 0.1) is 17.2 Å². The van der Waals surface area contributed by atoms with Crippen molar-refractivity contribution in [3.63, 3.8) is 0 Å². The van der Waals surface area contributed by atoms with Crippen LogP contribution in [0.2, 0.25) is 0 Å². The second kappa shape index (κ2) is 8.75. The Kier molecular flexibility index (Phi) is 6.15. The molecule has 9 heteroatoms. The van der Waals surface area contributed by atoms with E-state index >= 15 is 0 Å². The summed E-state index contributed by atoms with van der Waals surface area (Å²) >= 11 is 1.15. The largest absolute Gasteiger partial charge is 0.479 e. The molecule has 3 rings (SSSR count). The number of anilines is 3. The van der Waals surface area contributed by atoms with Crippen LogP contribution in [-0.2, 0) is 14.4 Å². The standard InChI is InChI=1S/C19H18FN3O4S/c1-11-19(26)23-15-8-14(6-7-16(15)27-11)22-18(25)10-28-9-17(24)21-13-4-2-12(20)3-5-13/h2-8,11H,9-10H2,1H3,(H,21,24)(H,22,25)(H,23,26)/t11-/m1/s1. The quantitative estimate of drug-likeness (QED) is 0.689. The van der Waals surface area contributed by atoms with E-state index in [1.165, 1.54) is 24.3 Å². The highest BCUT2D eigenvalue weighted by Gasteiger charge is 2.23. The minimum atomic E-state index is -0.564. The van der Waals surface area contributed by atoms with Crippen LogP contribution in [0.5, 0.6) is 5.75 Å². The highest BCUT2D eigenvalue weighted by atomic mass is 32.2. The van der Waals surface area contributed by atoms with Crippen molar-refractivity contribution in [3.05, 3.63) is 48.3 Å². The van der Waals surface area contributed by atoms with Crippen LogP contribution in [0.15, 0.2) is 42.5 Å². The molecule has 2 aromatic carbocycles. The third-order valence-corrected chi connectivity index (χ3v) is 4.72. The number of rotatable bonds is 6. The van der Waals surface area contributed by atoms with Gasteiger partial charge in [-0.05, 0) is 49.4 Å². The molecule has 0 spiro atoms. The van der Waals surface area contributed by atoms with Gasteiger partial charge in [-0.25, -0.2) is 4.39 Å². The minimum Gasteiger partial charge on any atom is -0.479 e. The van der Waals surface area contributed by atoms with Crippen LogP contribution in [0.1, 0.15) is 6.92 Å². The fraction of sp³-hybridized carbons (Fsp3) is 0.211. The molecular formula is C19H18FN3O4S. The van der Waals surface area contributed by atoms with E-state index in [-0.39, 0.29) is 35.0 Å². The summed E-state index contributed by atoms with van der Waals surface area (Å²) in [5.74, 6) is -0.504. The molecule has 3 amide bonds. The molecule has 0 radical (unpaired) electrons. The Bertz CT molecular complexity index is 905. The highest BCUT2D eigenvalue weighted by Crippen LogP contribution is 2.32. The smallest absolute Gasteiger partial charge is 0.265 e.